The van der Waals surface area contributed by atoms with E-state index in [2.05, 4.69) is 10.3 Å². The minimum atomic E-state index is -1.08. The predicted octanol–water partition coefficient (Wildman–Crippen LogP) is 0.674. The highest BCUT2D eigenvalue weighted by Crippen LogP contribution is 2.20. The highest BCUT2D eigenvalue weighted by atomic mass is 32.1. The van der Waals surface area contributed by atoms with Gasteiger partial charge in [0.25, 0.3) is 0 Å². The van der Waals surface area contributed by atoms with Crippen LogP contribution in [-0.4, -0.2) is 35.8 Å². The number of thiazole rings is 1. The number of aliphatic carboxylic acids is 1. The quantitative estimate of drug-likeness (QED) is 0.681. The molecule has 0 fully saturated rings. The Morgan fingerprint density at radius 1 is 1.81 bits per heavy atom. The van der Waals surface area contributed by atoms with Crippen LogP contribution in [0, 0.1) is 0 Å². The van der Waals surface area contributed by atoms with Gasteiger partial charge in [0.15, 0.2) is 5.13 Å². The van der Waals surface area contributed by atoms with Crippen molar-refractivity contribution in [1.29, 1.82) is 0 Å². The first kappa shape index (κ1) is 12.9. The van der Waals surface area contributed by atoms with Crippen molar-refractivity contribution >= 4 is 22.4 Å². The van der Waals surface area contributed by atoms with Gasteiger partial charge in [-0.3, -0.25) is 4.79 Å². The molecule has 1 rings (SSSR count). The zero-order valence-electron chi connectivity index (χ0n) is 9.14. The molecule has 0 aliphatic heterocycles. The third kappa shape index (κ3) is 3.44. The molecule has 1 aromatic heterocycles. The lowest BCUT2D eigenvalue weighted by Gasteiger charge is -2.10. The lowest BCUT2D eigenvalue weighted by Crippen LogP contribution is -2.22. The Morgan fingerprint density at radius 2 is 2.50 bits per heavy atom. The van der Waals surface area contributed by atoms with Gasteiger partial charge in [-0.25, -0.2) is 4.98 Å². The van der Waals surface area contributed by atoms with Crippen LogP contribution in [0.1, 0.15) is 18.7 Å². The molecule has 1 aromatic rings. The van der Waals surface area contributed by atoms with E-state index in [9.17, 15) is 4.79 Å². The van der Waals surface area contributed by atoms with Gasteiger partial charge in [-0.15, -0.1) is 11.3 Å². The molecule has 7 heteroatoms. The third-order valence-electron chi connectivity index (χ3n) is 1.89. The summed E-state index contributed by atoms with van der Waals surface area (Å²) < 4.78 is 4.96. The molecule has 0 amide bonds. The molecule has 2 unspecified atom stereocenters. The monoisotopic (exact) mass is 245 g/mol. The lowest BCUT2D eigenvalue weighted by molar-refractivity contribution is -0.138. The Bertz CT molecular complexity index is 356. The van der Waals surface area contributed by atoms with Gasteiger partial charge >= 0.3 is 5.97 Å². The molecule has 90 valence electrons. The van der Waals surface area contributed by atoms with Gasteiger partial charge in [0, 0.05) is 18.5 Å². The van der Waals surface area contributed by atoms with Crippen molar-refractivity contribution in [2.24, 2.45) is 5.73 Å². The maximum absolute atomic E-state index is 10.6. The molecular weight excluding hydrogens is 230 g/mol. The fourth-order valence-electron chi connectivity index (χ4n) is 1.12. The Hall–Kier alpha value is -1.18. The summed E-state index contributed by atoms with van der Waals surface area (Å²) in [6, 6.07) is -0.949. The Labute approximate surface area is 97.4 Å². The SMILES string of the molecule is COCC(C)Nc1nc(C(N)C(=O)O)cs1. The normalized spacial score (nSPS) is 14.4. The maximum atomic E-state index is 10.6. The van der Waals surface area contributed by atoms with Crippen LogP contribution in [0.15, 0.2) is 5.38 Å². The predicted molar refractivity (Wildman–Crippen MR) is 61.6 cm³/mol. The number of anilines is 1. The van der Waals surface area contributed by atoms with E-state index in [1.165, 1.54) is 11.3 Å². The molecule has 0 aromatic carbocycles. The molecule has 1 heterocycles. The van der Waals surface area contributed by atoms with Crippen LogP contribution in [0.25, 0.3) is 0 Å². The minimum absolute atomic E-state index is 0.116. The molecule has 4 N–H and O–H groups in total. The first-order valence-corrected chi connectivity index (χ1v) is 5.61. The first-order chi connectivity index (χ1) is 7.54. The topological polar surface area (TPSA) is 97.5 Å². The number of carbonyl (C=O) groups is 1. The number of hydrogen-bond acceptors (Lipinski definition) is 6. The van der Waals surface area contributed by atoms with Crippen molar-refractivity contribution in [1.82, 2.24) is 4.98 Å². The van der Waals surface area contributed by atoms with E-state index >= 15 is 0 Å². The van der Waals surface area contributed by atoms with Crippen LogP contribution in [0.2, 0.25) is 0 Å². The molecule has 0 aliphatic rings. The summed E-state index contributed by atoms with van der Waals surface area (Å²) in [5.41, 5.74) is 5.80. The first-order valence-electron chi connectivity index (χ1n) is 4.74. The second-order valence-corrected chi connectivity index (χ2v) is 4.25. The zero-order valence-corrected chi connectivity index (χ0v) is 9.95. The van der Waals surface area contributed by atoms with E-state index in [4.69, 9.17) is 15.6 Å². The van der Waals surface area contributed by atoms with Crippen molar-refractivity contribution in [3.63, 3.8) is 0 Å². The summed E-state index contributed by atoms with van der Waals surface area (Å²) in [6.07, 6.45) is 0. The largest absolute Gasteiger partial charge is 0.480 e. The van der Waals surface area contributed by atoms with Crippen LogP contribution in [0.3, 0.4) is 0 Å². The summed E-state index contributed by atoms with van der Waals surface area (Å²) in [5, 5.41) is 14.1. The Balaban J connectivity index is 2.61. The smallest absolute Gasteiger partial charge is 0.326 e. The van der Waals surface area contributed by atoms with Crippen LogP contribution in [0.5, 0.6) is 0 Å². The molecule has 0 bridgehead atoms. The Kier molecular flexibility index (Phi) is 4.66. The number of ether oxygens (including phenoxy) is 1. The summed E-state index contributed by atoms with van der Waals surface area (Å²) >= 11 is 1.33. The standard InChI is InChI=1S/C9H15N3O3S/c1-5(3-15-2)11-9-12-6(4-16-9)7(10)8(13)14/h4-5,7H,3,10H2,1-2H3,(H,11,12)(H,13,14). The van der Waals surface area contributed by atoms with Gasteiger partial charge in [0.1, 0.15) is 6.04 Å². The molecular formula is C9H15N3O3S. The van der Waals surface area contributed by atoms with Gasteiger partial charge in [-0.05, 0) is 6.92 Å². The van der Waals surface area contributed by atoms with E-state index in [1.54, 1.807) is 12.5 Å². The molecule has 6 nitrogen and oxygen atoms in total. The molecule has 0 spiro atoms. The van der Waals surface area contributed by atoms with Crippen molar-refractivity contribution < 1.29 is 14.6 Å². The number of aromatic nitrogens is 1. The summed E-state index contributed by atoms with van der Waals surface area (Å²) in [7, 11) is 1.62. The van der Waals surface area contributed by atoms with Crippen LogP contribution < -0.4 is 11.1 Å². The van der Waals surface area contributed by atoms with Crippen molar-refractivity contribution in [2.45, 2.75) is 19.0 Å². The van der Waals surface area contributed by atoms with Crippen LogP contribution in [-0.2, 0) is 9.53 Å². The molecule has 16 heavy (non-hydrogen) atoms. The minimum Gasteiger partial charge on any atom is -0.480 e. The number of carboxylic acid groups (broad SMARTS) is 1. The van der Waals surface area contributed by atoms with Gasteiger partial charge in [-0.1, -0.05) is 0 Å². The van der Waals surface area contributed by atoms with Gasteiger partial charge in [0.2, 0.25) is 0 Å². The zero-order chi connectivity index (χ0) is 12.1. The highest BCUT2D eigenvalue weighted by molar-refractivity contribution is 7.13. The summed E-state index contributed by atoms with van der Waals surface area (Å²) in [4.78, 5) is 14.7. The van der Waals surface area contributed by atoms with E-state index < -0.39 is 12.0 Å². The fraction of sp³-hybridized carbons (Fsp3) is 0.556. The van der Waals surface area contributed by atoms with Gasteiger partial charge < -0.3 is 20.9 Å². The molecule has 2 atom stereocenters. The Morgan fingerprint density at radius 3 is 3.06 bits per heavy atom. The third-order valence-corrected chi connectivity index (χ3v) is 2.68. The van der Waals surface area contributed by atoms with Gasteiger partial charge in [0.05, 0.1) is 12.3 Å². The fourth-order valence-corrected chi connectivity index (χ4v) is 1.98. The van der Waals surface area contributed by atoms with Crippen LogP contribution in [0.4, 0.5) is 5.13 Å². The van der Waals surface area contributed by atoms with E-state index in [0.29, 0.717) is 17.4 Å². The number of carboxylic acids is 1. The lowest BCUT2D eigenvalue weighted by atomic mass is 10.2. The van der Waals surface area contributed by atoms with Crippen molar-refractivity contribution in [3.8, 4) is 0 Å². The average Bonchev–Trinajstić information content (AvgIpc) is 2.65. The molecule has 0 aliphatic carbocycles. The van der Waals surface area contributed by atoms with E-state index in [-0.39, 0.29) is 6.04 Å². The number of hydrogen-bond donors (Lipinski definition) is 3. The van der Waals surface area contributed by atoms with Gasteiger partial charge in [-0.2, -0.15) is 0 Å². The molecule has 0 saturated heterocycles. The molecule has 0 saturated carbocycles. The number of methoxy groups -OCH3 is 1. The summed E-state index contributed by atoms with van der Waals surface area (Å²) in [5.74, 6) is -1.08. The second-order valence-electron chi connectivity index (χ2n) is 3.39. The average molecular weight is 245 g/mol. The maximum Gasteiger partial charge on any atom is 0.326 e. The van der Waals surface area contributed by atoms with Crippen LogP contribution >= 0.6 is 11.3 Å². The highest BCUT2D eigenvalue weighted by Gasteiger charge is 2.17. The number of nitrogens with two attached hydrogens (primary N) is 1. The summed E-state index contributed by atoms with van der Waals surface area (Å²) in [6.45, 7) is 2.50. The van der Waals surface area contributed by atoms with Crippen molar-refractivity contribution in [2.75, 3.05) is 19.0 Å². The van der Waals surface area contributed by atoms with E-state index in [0.717, 1.165) is 0 Å². The molecule has 0 radical (unpaired) electrons. The number of nitrogens with one attached hydrogen (secondary N) is 1. The number of rotatable bonds is 6. The second kappa shape index (κ2) is 5.78. The number of nitrogens with zero attached hydrogens (tertiary/aromatic N) is 1. The van der Waals surface area contributed by atoms with E-state index in [1.807, 2.05) is 6.92 Å². The van der Waals surface area contributed by atoms with Crippen molar-refractivity contribution in [3.05, 3.63) is 11.1 Å².